The maximum absolute atomic E-state index is 12.0. The Labute approximate surface area is 148 Å². The molecule has 2 rings (SSSR count). The second kappa shape index (κ2) is 8.71. The van der Waals surface area contributed by atoms with Crippen molar-refractivity contribution in [3.8, 4) is 0 Å². The molecule has 2 aromatic rings. The monoisotopic (exact) mass is 345 g/mol. The smallest absolute Gasteiger partial charge is 0.238 e. The lowest BCUT2D eigenvalue weighted by molar-refractivity contribution is -0.117. The van der Waals surface area contributed by atoms with Gasteiger partial charge in [0.1, 0.15) is 0 Å². The number of rotatable bonds is 7. The molecule has 4 nitrogen and oxygen atoms in total. The Balaban J connectivity index is 1.93. The Morgan fingerprint density at radius 1 is 1.17 bits per heavy atom. The van der Waals surface area contributed by atoms with E-state index in [-0.39, 0.29) is 5.91 Å². The summed E-state index contributed by atoms with van der Waals surface area (Å²) in [5, 5.41) is 6.76. The standard InChI is InChI=1S/C19H24ClN3O/c1-14(2)23(3)13-19(24)22-16-9-10-18(17(20)11-16)21-12-15-7-5-4-6-8-15/h4-11,14,21H,12-13H2,1-3H3,(H,22,24). The molecule has 0 aromatic heterocycles. The van der Waals surface area contributed by atoms with Crippen LogP contribution >= 0.6 is 11.6 Å². The second-order valence-corrected chi connectivity index (χ2v) is 6.50. The normalized spacial score (nSPS) is 10.9. The van der Waals surface area contributed by atoms with Crippen molar-refractivity contribution in [3.05, 3.63) is 59.1 Å². The number of halogens is 1. The third-order valence-corrected chi connectivity index (χ3v) is 4.17. The van der Waals surface area contributed by atoms with Gasteiger partial charge in [0.2, 0.25) is 5.91 Å². The van der Waals surface area contributed by atoms with Crippen LogP contribution in [0, 0.1) is 0 Å². The Kier molecular flexibility index (Phi) is 6.64. The van der Waals surface area contributed by atoms with Gasteiger partial charge in [0.25, 0.3) is 0 Å². The minimum atomic E-state index is -0.0488. The summed E-state index contributed by atoms with van der Waals surface area (Å²) in [6.07, 6.45) is 0. The van der Waals surface area contributed by atoms with E-state index in [4.69, 9.17) is 11.6 Å². The lowest BCUT2D eigenvalue weighted by atomic mass is 10.2. The fraction of sp³-hybridized carbons (Fsp3) is 0.316. The van der Waals surface area contributed by atoms with E-state index in [1.807, 2.05) is 42.3 Å². The molecule has 0 bridgehead atoms. The molecule has 0 atom stereocenters. The van der Waals surface area contributed by atoms with E-state index in [2.05, 4.69) is 36.6 Å². The molecule has 0 radical (unpaired) electrons. The fourth-order valence-corrected chi connectivity index (χ4v) is 2.39. The van der Waals surface area contributed by atoms with Gasteiger partial charge < -0.3 is 10.6 Å². The van der Waals surface area contributed by atoms with Gasteiger partial charge in [-0.3, -0.25) is 9.69 Å². The van der Waals surface area contributed by atoms with Crippen molar-refractivity contribution in [2.75, 3.05) is 24.2 Å². The van der Waals surface area contributed by atoms with Gasteiger partial charge in [0, 0.05) is 18.3 Å². The molecule has 0 saturated carbocycles. The summed E-state index contributed by atoms with van der Waals surface area (Å²) < 4.78 is 0. The molecule has 0 heterocycles. The van der Waals surface area contributed by atoms with Crippen molar-refractivity contribution in [2.24, 2.45) is 0 Å². The Morgan fingerprint density at radius 2 is 1.88 bits per heavy atom. The lowest BCUT2D eigenvalue weighted by Gasteiger charge is -2.20. The molecule has 0 aliphatic carbocycles. The summed E-state index contributed by atoms with van der Waals surface area (Å²) in [5.74, 6) is -0.0488. The zero-order valence-electron chi connectivity index (χ0n) is 14.3. The molecule has 2 aromatic carbocycles. The third kappa shape index (κ3) is 5.55. The maximum atomic E-state index is 12.0. The minimum Gasteiger partial charge on any atom is -0.380 e. The second-order valence-electron chi connectivity index (χ2n) is 6.09. The summed E-state index contributed by atoms with van der Waals surface area (Å²) in [6, 6.07) is 15.9. The van der Waals surface area contributed by atoms with Gasteiger partial charge in [-0.05, 0) is 44.7 Å². The van der Waals surface area contributed by atoms with Crippen molar-refractivity contribution < 1.29 is 4.79 Å². The van der Waals surface area contributed by atoms with Crippen LogP contribution in [0.2, 0.25) is 5.02 Å². The highest BCUT2D eigenvalue weighted by molar-refractivity contribution is 6.33. The first kappa shape index (κ1) is 18.3. The Hall–Kier alpha value is -2.04. The van der Waals surface area contributed by atoms with Gasteiger partial charge in [-0.25, -0.2) is 0 Å². The molecule has 2 N–H and O–H groups in total. The number of nitrogens with one attached hydrogen (secondary N) is 2. The highest BCUT2D eigenvalue weighted by Crippen LogP contribution is 2.26. The van der Waals surface area contributed by atoms with Gasteiger partial charge in [-0.15, -0.1) is 0 Å². The van der Waals surface area contributed by atoms with Crippen molar-refractivity contribution >= 4 is 28.9 Å². The summed E-state index contributed by atoms with van der Waals surface area (Å²) in [5.41, 5.74) is 2.73. The van der Waals surface area contributed by atoms with Crippen LogP contribution in [0.4, 0.5) is 11.4 Å². The first-order valence-corrected chi connectivity index (χ1v) is 8.41. The SMILES string of the molecule is CC(C)N(C)CC(=O)Nc1ccc(NCc2ccccc2)c(Cl)c1. The first-order chi connectivity index (χ1) is 11.5. The number of carbonyl (C=O) groups excluding carboxylic acids is 1. The number of carbonyl (C=O) groups is 1. The lowest BCUT2D eigenvalue weighted by Crippen LogP contribution is -2.34. The van der Waals surface area contributed by atoms with Crippen LogP contribution in [-0.4, -0.2) is 30.4 Å². The van der Waals surface area contributed by atoms with Crippen molar-refractivity contribution in [2.45, 2.75) is 26.4 Å². The van der Waals surface area contributed by atoms with Crippen molar-refractivity contribution in [1.82, 2.24) is 4.90 Å². The average molecular weight is 346 g/mol. The predicted molar refractivity (Wildman–Crippen MR) is 102 cm³/mol. The van der Waals surface area contributed by atoms with E-state index >= 15 is 0 Å². The molecule has 24 heavy (non-hydrogen) atoms. The largest absolute Gasteiger partial charge is 0.380 e. The number of hydrogen-bond acceptors (Lipinski definition) is 3. The van der Waals surface area contributed by atoms with Crippen LogP contribution in [0.5, 0.6) is 0 Å². The van der Waals surface area contributed by atoms with Crippen LogP contribution in [0.15, 0.2) is 48.5 Å². The number of amides is 1. The first-order valence-electron chi connectivity index (χ1n) is 8.03. The molecule has 5 heteroatoms. The summed E-state index contributed by atoms with van der Waals surface area (Å²) >= 11 is 6.31. The fourth-order valence-electron chi connectivity index (χ4n) is 2.14. The molecule has 0 aliphatic heterocycles. The maximum Gasteiger partial charge on any atom is 0.238 e. The summed E-state index contributed by atoms with van der Waals surface area (Å²) in [6.45, 7) is 5.16. The molecular weight excluding hydrogens is 322 g/mol. The van der Waals surface area contributed by atoms with Crippen LogP contribution in [0.1, 0.15) is 19.4 Å². The highest BCUT2D eigenvalue weighted by atomic mass is 35.5. The van der Waals surface area contributed by atoms with Crippen LogP contribution in [0.25, 0.3) is 0 Å². The van der Waals surface area contributed by atoms with E-state index in [1.165, 1.54) is 5.56 Å². The molecule has 0 spiro atoms. The van der Waals surface area contributed by atoms with Crippen molar-refractivity contribution in [3.63, 3.8) is 0 Å². The van der Waals surface area contributed by atoms with Gasteiger partial charge in [0.15, 0.2) is 0 Å². The van der Waals surface area contributed by atoms with Gasteiger partial charge in [-0.2, -0.15) is 0 Å². The van der Waals surface area contributed by atoms with E-state index < -0.39 is 0 Å². The molecule has 128 valence electrons. The molecule has 0 unspecified atom stereocenters. The van der Waals surface area contributed by atoms with Crippen molar-refractivity contribution in [1.29, 1.82) is 0 Å². The number of likely N-dealkylation sites (N-methyl/N-ethyl adjacent to an activating group) is 1. The number of nitrogens with zero attached hydrogens (tertiary/aromatic N) is 1. The average Bonchev–Trinajstić information content (AvgIpc) is 2.54. The number of benzene rings is 2. The molecule has 0 fully saturated rings. The van der Waals surface area contributed by atoms with Gasteiger partial charge in [0.05, 0.1) is 17.3 Å². The predicted octanol–water partition coefficient (Wildman–Crippen LogP) is 4.23. The molecule has 1 amide bonds. The molecular formula is C19H24ClN3O. The number of hydrogen-bond donors (Lipinski definition) is 2. The van der Waals surface area contributed by atoms with E-state index in [0.717, 1.165) is 5.69 Å². The van der Waals surface area contributed by atoms with Crippen LogP contribution in [0.3, 0.4) is 0 Å². The van der Waals surface area contributed by atoms with E-state index in [9.17, 15) is 4.79 Å². The van der Waals surface area contributed by atoms with E-state index in [0.29, 0.717) is 29.8 Å². The summed E-state index contributed by atoms with van der Waals surface area (Å²) in [7, 11) is 1.92. The zero-order valence-corrected chi connectivity index (χ0v) is 15.1. The molecule has 0 aliphatic rings. The van der Waals surface area contributed by atoms with Gasteiger partial charge >= 0.3 is 0 Å². The minimum absolute atomic E-state index is 0.0488. The summed E-state index contributed by atoms with van der Waals surface area (Å²) in [4.78, 5) is 14.0. The Bertz CT molecular complexity index is 674. The highest BCUT2D eigenvalue weighted by Gasteiger charge is 2.10. The quantitative estimate of drug-likeness (QED) is 0.789. The van der Waals surface area contributed by atoms with Gasteiger partial charge in [-0.1, -0.05) is 41.9 Å². The molecule has 0 saturated heterocycles. The van der Waals surface area contributed by atoms with E-state index in [1.54, 1.807) is 6.07 Å². The number of anilines is 2. The van der Waals surface area contributed by atoms with Crippen LogP contribution < -0.4 is 10.6 Å². The Morgan fingerprint density at radius 3 is 2.50 bits per heavy atom. The topological polar surface area (TPSA) is 44.4 Å². The van der Waals surface area contributed by atoms with Crippen LogP contribution in [-0.2, 0) is 11.3 Å². The zero-order chi connectivity index (χ0) is 17.5. The third-order valence-electron chi connectivity index (χ3n) is 3.85.